The van der Waals surface area contributed by atoms with Gasteiger partial charge in [-0.1, -0.05) is 0 Å². The molecule has 3 atom stereocenters. The molecule has 0 aromatic heterocycles. The fourth-order valence-electron chi connectivity index (χ4n) is 1.59. The molecular weight excluding hydrogens is 116 g/mol. The molecule has 0 unspecified atom stereocenters. The summed E-state index contributed by atoms with van der Waals surface area (Å²) >= 11 is 0. The number of aliphatic hydroxyl groups excluding tert-OH is 1. The second kappa shape index (κ2) is 1.96. The Hall–Kier alpha value is -0.0800. The first-order chi connectivity index (χ1) is 4.38. The first-order valence-corrected chi connectivity index (χ1v) is 3.64. The molecule has 1 heterocycles. The first-order valence-electron chi connectivity index (χ1n) is 3.64. The van der Waals surface area contributed by atoms with Crippen molar-refractivity contribution >= 4 is 0 Å². The van der Waals surface area contributed by atoms with Crippen molar-refractivity contribution in [1.82, 2.24) is 0 Å². The van der Waals surface area contributed by atoms with Gasteiger partial charge in [-0.25, -0.2) is 0 Å². The van der Waals surface area contributed by atoms with Crippen molar-refractivity contribution in [3.63, 3.8) is 0 Å². The lowest BCUT2D eigenvalue weighted by molar-refractivity contribution is 0.0990. The predicted octanol–water partition coefficient (Wildman–Crippen LogP) is 0.404. The van der Waals surface area contributed by atoms with Gasteiger partial charge < -0.3 is 9.84 Å². The van der Waals surface area contributed by atoms with E-state index in [2.05, 4.69) is 0 Å². The fourth-order valence-corrected chi connectivity index (χ4v) is 1.59. The van der Waals surface area contributed by atoms with Gasteiger partial charge in [0.2, 0.25) is 0 Å². The van der Waals surface area contributed by atoms with E-state index in [1.807, 2.05) is 0 Å². The maximum atomic E-state index is 9.32. The Labute approximate surface area is 54.8 Å². The molecule has 0 aromatic rings. The lowest BCUT2D eigenvalue weighted by Gasteiger charge is -2.03. The van der Waals surface area contributed by atoms with E-state index in [4.69, 9.17) is 4.74 Å². The number of ether oxygens (including phenoxy) is 1. The second-order valence-electron chi connectivity index (χ2n) is 3.09. The molecule has 1 saturated carbocycles. The largest absolute Gasteiger partial charge is 0.393 e. The number of fused-ring (bicyclic) bond motifs is 1. The Balaban J connectivity index is 1.96. The van der Waals surface area contributed by atoms with E-state index in [1.54, 1.807) is 0 Å². The fraction of sp³-hybridized carbons (Fsp3) is 1.00. The topological polar surface area (TPSA) is 29.5 Å². The summed E-state index contributed by atoms with van der Waals surface area (Å²) < 4.78 is 5.26. The third-order valence-corrected chi connectivity index (χ3v) is 2.36. The van der Waals surface area contributed by atoms with Gasteiger partial charge in [-0.2, -0.15) is 0 Å². The second-order valence-corrected chi connectivity index (χ2v) is 3.09. The summed E-state index contributed by atoms with van der Waals surface area (Å²) in [5, 5.41) is 9.32. The molecule has 2 heteroatoms. The van der Waals surface area contributed by atoms with Crippen molar-refractivity contribution in [2.75, 3.05) is 13.2 Å². The smallest absolute Gasteiger partial charge is 0.0593 e. The van der Waals surface area contributed by atoms with E-state index in [9.17, 15) is 5.11 Å². The van der Waals surface area contributed by atoms with Gasteiger partial charge in [0, 0.05) is 13.2 Å². The van der Waals surface area contributed by atoms with Gasteiger partial charge >= 0.3 is 0 Å². The van der Waals surface area contributed by atoms with E-state index in [-0.39, 0.29) is 6.10 Å². The average Bonchev–Trinajstić information content (AvgIpc) is 2.55. The number of aliphatic hydroxyl groups is 1. The molecule has 1 aliphatic carbocycles. The van der Waals surface area contributed by atoms with Crippen LogP contribution in [0.25, 0.3) is 0 Å². The van der Waals surface area contributed by atoms with Crippen LogP contribution in [-0.4, -0.2) is 24.4 Å². The van der Waals surface area contributed by atoms with E-state index in [0.717, 1.165) is 19.6 Å². The van der Waals surface area contributed by atoms with Crippen LogP contribution in [0, 0.1) is 11.8 Å². The summed E-state index contributed by atoms with van der Waals surface area (Å²) in [6.45, 7) is 1.65. The quantitative estimate of drug-likeness (QED) is 0.512. The minimum Gasteiger partial charge on any atom is -0.393 e. The normalized spacial score (nSPS) is 49.7. The molecule has 0 aromatic carbocycles. The van der Waals surface area contributed by atoms with Gasteiger partial charge in [0.1, 0.15) is 0 Å². The van der Waals surface area contributed by atoms with Crippen molar-refractivity contribution < 1.29 is 9.84 Å². The molecule has 0 bridgehead atoms. The van der Waals surface area contributed by atoms with Crippen LogP contribution in [0.2, 0.25) is 0 Å². The van der Waals surface area contributed by atoms with Crippen LogP contribution in [-0.2, 0) is 4.74 Å². The van der Waals surface area contributed by atoms with Crippen LogP contribution in [0.4, 0.5) is 0 Å². The number of rotatable bonds is 0. The minimum atomic E-state index is -0.0579. The predicted molar refractivity (Wildman–Crippen MR) is 33.0 cm³/mol. The van der Waals surface area contributed by atoms with Crippen molar-refractivity contribution in [3.8, 4) is 0 Å². The first kappa shape index (κ1) is 5.69. The van der Waals surface area contributed by atoms with Crippen molar-refractivity contribution in [2.45, 2.75) is 18.9 Å². The lowest BCUT2D eigenvalue weighted by Crippen LogP contribution is -2.10. The average molecular weight is 128 g/mol. The number of hydrogen-bond acceptors (Lipinski definition) is 2. The zero-order chi connectivity index (χ0) is 6.27. The highest BCUT2D eigenvalue weighted by atomic mass is 16.5. The third-order valence-electron chi connectivity index (χ3n) is 2.36. The van der Waals surface area contributed by atoms with Crippen LogP contribution in [0.15, 0.2) is 0 Å². The molecule has 1 N–H and O–H groups in total. The molecule has 0 radical (unpaired) electrons. The molecular formula is C7H12O2. The van der Waals surface area contributed by atoms with Gasteiger partial charge in [-0.05, 0) is 24.7 Å². The molecule has 1 saturated heterocycles. The lowest BCUT2D eigenvalue weighted by atomic mass is 10.1. The zero-order valence-electron chi connectivity index (χ0n) is 5.42. The molecule has 2 fully saturated rings. The highest BCUT2D eigenvalue weighted by molar-refractivity contribution is 4.92. The van der Waals surface area contributed by atoms with Gasteiger partial charge in [-0.15, -0.1) is 0 Å². The molecule has 2 nitrogen and oxygen atoms in total. The van der Waals surface area contributed by atoms with E-state index >= 15 is 0 Å². The Morgan fingerprint density at radius 1 is 1.44 bits per heavy atom. The zero-order valence-corrected chi connectivity index (χ0v) is 5.42. The van der Waals surface area contributed by atoms with Crippen molar-refractivity contribution in [2.24, 2.45) is 11.8 Å². The maximum Gasteiger partial charge on any atom is 0.0593 e. The Bertz CT molecular complexity index is 113. The van der Waals surface area contributed by atoms with E-state index in [1.165, 1.54) is 6.42 Å². The summed E-state index contributed by atoms with van der Waals surface area (Å²) in [5.74, 6) is 1.29. The minimum absolute atomic E-state index is 0.0579. The molecule has 0 amide bonds. The summed E-state index contributed by atoms with van der Waals surface area (Å²) in [5.41, 5.74) is 0. The van der Waals surface area contributed by atoms with Gasteiger partial charge in [0.15, 0.2) is 0 Å². The number of hydrogen-bond donors (Lipinski definition) is 1. The molecule has 9 heavy (non-hydrogen) atoms. The summed E-state index contributed by atoms with van der Waals surface area (Å²) in [4.78, 5) is 0. The van der Waals surface area contributed by atoms with Crippen LogP contribution in [0.5, 0.6) is 0 Å². The van der Waals surface area contributed by atoms with Crippen LogP contribution < -0.4 is 0 Å². The third kappa shape index (κ3) is 0.970. The highest BCUT2D eigenvalue weighted by Crippen LogP contribution is 2.43. The van der Waals surface area contributed by atoms with E-state index < -0.39 is 0 Å². The van der Waals surface area contributed by atoms with E-state index in [0.29, 0.717) is 11.8 Å². The van der Waals surface area contributed by atoms with Gasteiger partial charge in [-0.3, -0.25) is 0 Å². The summed E-state index contributed by atoms with van der Waals surface area (Å²) in [6.07, 6.45) is 1.99. The van der Waals surface area contributed by atoms with Crippen LogP contribution >= 0.6 is 0 Å². The van der Waals surface area contributed by atoms with Gasteiger partial charge in [0.05, 0.1) is 6.10 Å². The standard InChI is InChI=1S/C7H12O2/c8-7-1-2-9-4-5-3-6(5)7/h5-8H,1-4H2/t5-,6+,7+/m0/s1. The SMILES string of the molecule is O[C@@H]1CCOC[C@@H]2C[C@H]21. The molecule has 2 rings (SSSR count). The maximum absolute atomic E-state index is 9.32. The molecule has 1 aliphatic heterocycles. The summed E-state index contributed by atoms with van der Waals surface area (Å²) in [6, 6.07) is 0. The highest BCUT2D eigenvalue weighted by Gasteiger charge is 2.43. The monoisotopic (exact) mass is 128 g/mol. The van der Waals surface area contributed by atoms with Crippen molar-refractivity contribution in [3.05, 3.63) is 0 Å². The molecule has 2 aliphatic rings. The molecule has 52 valence electrons. The van der Waals surface area contributed by atoms with Crippen LogP contribution in [0.1, 0.15) is 12.8 Å². The van der Waals surface area contributed by atoms with Gasteiger partial charge in [0.25, 0.3) is 0 Å². The Morgan fingerprint density at radius 2 is 2.33 bits per heavy atom. The van der Waals surface area contributed by atoms with Crippen LogP contribution in [0.3, 0.4) is 0 Å². The Morgan fingerprint density at radius 3 is 3.22 bits per heavy atom. The Kier molecular flexibility index (Phi) is 1.24. The van der Waals surface area contributed by atoms with Crippen molar-refractivity contribution in [1.29, 1.82) is 0 Å². The molecule has 0 spiro atoms. The summed E-state index contributed by atoms with van der Waals surface area (Å²) in [7, 11) is 0.